The van der Waals surface area contributed by atoms with Crippen molar-refractivity contribution in [3.05, 3.63) is 80.0 Å². The number of thiazole rings is 1. The molecule has 1 aromatic heterocycles. The molecule has 0 radical (unpaired) electrons. The van der Waals surface area contributed by atoms with E-state index in [1.807, 2.05) is 29.6 Å². The molecule has 5 nitrogen and oxygen atoms in total. The Morgan fingerprint density at radius 2 is 1.75 bits per heavy atom. The topological polar surface area (TPSA) is 74.1 Å². The van der Waals surface area contributed by atoms with Gasteiger partial charge in [-0.1, -0.05) is 31.2 Å². The van der Waals surface area contributed by atoms with Gasteiger partial charge in [0.15, 0.2) is 0 Å². The largest absolute Gasteiger partial charge is 0.473 e. The summed E-state index contributed by atoms with van der Waals surface area (Å²) in [6.45, 7) is 2.12. The number of halogens is 1. The number of rotatable bonds is 6. The minimum Gasteiger partial charge on any atom is -0.473 e. The molecule has 0 fully saturated rings. The van der Waals surface area contributed by atoms with E-state index in [0.29, 0.717) is 5.69 Å². The van der Waals surface area contributed by atoms with Crippen molar-refractivity contribution in [2.45, 2.75) is 18.8 Å². The molecule has 8 heteroatoms. The monoisotopic (exact) mass is 526 g/mol. The van der Waals surface area contributed by atoms with Crippen molar-refractivity contribution in [2.75, 3.05) is 17.6 Å². The van der Waals surface area contributed by atoms with E-state index in [1.165, 1.54) is 31.0 Å². The van der Waals surface area contributed by atoms with Crippen molar-refractivity contribution in [1.82, 2.24) is 4.98 Å². The number of hydrogen-bond donors (Lipinski definition) is 0. The number of aromatic nitrogens is 1. The Balaban J connectivity index is 2.03. The average molecular weight is 526 g/mol. The van der Waals surface area contributed by atoms with Crippen molar-refractivity contribution in [1.29, 1.82) is 0 Å². The number of nitrogens with zero attached hydrogens (tertiary/aromatic N) is 2. The molecular weight excluding hydrogens is 505 g/mol. The predicted molar refractivity (Wildman–Crippen MR) is 125 cm³/mol. The maximum atomic E-state index is 11.8. The summed E-state index contributed by atoms with van der Waals surface area (Å²) < 4.78 is 26.0. The van der Waals surface area contributed by atoms with Gasteiger partial charge < -0.3 is 10.7 Å². The van der Waals surface area contributed by atoms with Gasteiger partial charge in [0, 0.05) is 16.0 Å². The summed E-state index contributed by atoms with van der Waals surface area (Å²) in [5.74, 6) is 0. The zero-order chi connectivity index (χ0) is 20.5. The van der Waals surface area contributed by atoms with Crippen LogP contribution in [0.4, 0.5) is 10.8 Å². The third kappa shape index (κ3) is 4.49. The van der Waals surface area contributed by atoms with Gasteiger partial charge in [0.1, 0.15) is 0 Å². The van der Waals surface area contributed by atoms with Crippen LogP contribution in [0.25, 0.3) is 5.73 Å². The Hall–Kier alpha value is -1.65. The average Bonchev–Trinajstić information content (AvgIpc) is 3.09. The molecule has 28 heavy (non-hydrogen) atoms. The first kappa shape index (κ1) is 21.1. The molecule has 1 heterocycles. The molecule has 0 aliphatic rings. The van der Waals surface area contributed by atoms with Crippen LogP contribution >= 0.6 is 33.9 Å². The molecule has 0 amide bonds. The lowest BCUT2D eigenvalue weighted by Gasteiger charge is -2.32. The molecule has 1 atom stereocenters. The first-order valence-electron chi connectivity index (χ1n) is 8.56. The third-order valence-corrected chi connectivity index (χ3v) is 7.49. The first-order valence-corrected chi connectivity index (χ1v) is 12.4. The van der Waals surface area contributed by atoms with E-state index in [4.69, 9.17) is 5.73 Å². The highest BCUT2D eigenvalue weighted by molar-refractivity contribution is 14.1. The van der Waals surface area contributed by atoms with Crippen LogP contribution in [-0.2, 0) is 21.9 Å². The van der Waals surface area contributed by atoms with Crippen molar-refractivity contribution in [2.24, 2.45) is 0 Å². The smallest absolute Gasteiger partial charge is 0.231 e. The third-order valence-electron chi connectivity index (χ3n) is 4.91. The molecule has 0 saturated heterocycles. The second-order valence-corrected chi connectivity index (χ2v) is 11.1. The molecule has 3 rings (SSSR count). The van der Waals surface area contributed by atoms with E-state index in [0.717, 1.165) is 17.7 Å². The number of nitrogens with one attached hydrogen (secondary N) is 1. The van der Waals surface area contributed by atoms with Crippen LogP contribution in [0.1, 0.15) is 23.7 Å². The fourth-order valence-electron chi connectivity index (χ4n) is 3.11. The standard InChI is InChI=1S/C20H21IN3O2S2/c1-20(18-13-27-19(22)23-18,12-14-4-8-16(21)9-5-14)15-6-10-17(11-7-15)24(2)28(3,25)26/h4-11,13H,12H2,1-3H3,(H-,22,23)/q-1. The summed E-state index contributed by atoms with van der Waals surface area (Å²) in [4.78, 5) is 4.45. The van der Waals surface area contributed by atoms with Crippen LogP contribution in [0.5, 0.6) is 0 Å². The maximum absolute atomic E-state index is 11.8. The molecule has 0 aliphatic carbocycles. The van der Waals surface area contributed by atoms with Gasteiger partial charge in [0.2, 0.25) is 10.0 Å². The van der Waals surface area contributed by atoms with Gasteiger partial charge in [-0.15, -0.1) is 0 Å². The summed E-state index contributed by atoms with van der Waals surface area (Å²) in [5.41, 5.74) is 11.1. The molecular formula is C20H21IN3O2S2-. The van der Waals surface area contributed by atoms with E-state index >= 15 is 0 Å². The van der Waals surface area contributed by atoms with Crippen LogP contribution in [0.15, 0.2) is 53.9 Å². The van der Waals surface area contributed by atoms with Crippen LogP contribution in [0, 0.1) is 3.57 Å². The minimum atomic E-state index is -3.31. The lowest BCUT2D eigenvalue weighted by atomic mass is 9.75. The minimum absolute atomic E-state index is 0.289. The van der Waals surface area contributed by atoms with Crippen LogP contribution in [-0.4, -0.2) is 26.7 Å². The van der Waals surface area contributed by atoms with E-state index in [-0.39, 0.29) is 5.13 Å². The summed E-state index contributed by atoms with van der Waals surface area (Å²) in [5, 5.41) is 2.23. The fourth-order valence-corrected chi connectivity index (χ4v) is 4.66. The summed E-state index contributed by atoms with van der Waals surface area (Å²) >= 11 is 3.60. The van der Waals surface area contributed by atoms with E-state index < -0.39 is 15.4 Å². The molecule has 1 unspecified atom stereocenters. The molecule has 148 valence electrons. The normalized spacial score (nSPS) is 13.9. The second-order valence-electron chi connectivity index (χ2n) is 6.95. The highest BCUT2D eigenvalue weighted by atomic mass is 127. The van der Waals surface area contributed by atoms with Gasteiger partial charge in [-0.2, -0.15) is 11.3 Å². The molecule has 0 spiro atoms. The molecule has 0 aliphatic heterocycles. The Labute approximate surface area is 183 Å². The predicted octanol–water partition coefficient (Wildman–Crippen LogP) is 5.38. The van der Waals surface area contributed by atoms with Crippen LogP contribution < -0.4 is 4.31 Å². The highest BCUT2D eigenvalue weighted by Gasteiger charge is 2.29. The zero-order valence-corrected chi connectivity index (χ0v) is 19.6. The lowest BCUT2D eigenvalue weighted by Crippen LogP contribution is -2.28. The van der Waals surface area contributed by atoms with Gasteiger partial charge in [0.05, 0.1) is 11.9 Å². The lowest BCUT2D eigenvalue weighted by molar-refractivity contribution is 0.553. The van der Waals surface area contributed by atoms with Crippen molar-refractivity contribution in [3.63, 3.8) is 0 Å². The Bertz CT molecular complexity index is 1060. The molecule has 0 saturated carbocycles. The zero-order valence-electron chi connectivity index (χ0n) is 15.8. The first-order chi connectivity index (χ1) is 13.1. The Morgan fingerprint density at radius 1 is 1.14 bits per heavy atom. The van der Waals surface area contributed by atoms with Gasteiger partial charge >= 0.3 is 0 Å². The van der Waals surface area contributed by atoms with Gasteiger partial charge in [-0.3, -0.25) is 4.31 Å². The molecule has 3 aromatic rings. The molecule has 0 bridgehead atoms. The summed E-state index contributed by atoms with van der Waals surface area (Å²) in [6, 6.07) is 15.9. The molecule has 2 aromatic carbocycles. The van der Waals surface area contributed by atoms with E-state index in [1.54, 1.807) is 7.05 Å². The van der Waals surface area contributed by atoms with Gasteiger partial charge in [0.25, 0.3) is 0 Å². The number of hydrogen-bond acceptors (Lipinski definition) is 4. The van der Waals surface area contributed by atoms with Gasteiger partial charge in [-0.05, 0) is 80.6 Å². The summed E-state index contributed by atoms with van der Waals surface area (Å²) in [7, 11) is -1.76. The molecule has 1 N–H and O–H groups in total. The Morgan fingerprint density at radius 3 is 2.25 bits per heavy atom. The maximum Gasteiger partial charge on any atom is 0.231 e. The van der Waals surface area contributed by atoms with Crippen LogP contribution in [0.2, 0.25) is 0 Å². The van der Waals surface area contributed by atoms with E-state index in [9.17, 15) is 8.42 Å². The number of sulfonamides is 1. The fraction of sp³-hybridized carbons (Fsp3) is 0.250. The number of benzene rings is 2. The summed E-state index contributed by atoms with van der Waals surface area (Å²) in [6.07, 6.45) is 1.92. The van der Waals surface area contributed by atoms with Crippen LogP contribution in [0.3, 0.4) is 0 Å². The van der Waals surface area contributed by atoms with Crippen molar-refractivity contribution in [3.8, 4) is 0 Å². The second kappa shape index (κ2) is 8.00. The van der Waals surface area contributed by atoms with E-state index in [2.05, 4.69) is 58.8 Å². The quantitative estimate of drug-likeness (QED) is 0.405. The SMILES string of the molecule is CN(c1ccc(C(C)(Cc2ccc(I)cc2)c2csc([NH-])n2)cc1)S(C)(=O)=O. The highest BCUT2D eigenvalue weighted by Crippen LogP contribution is 2.38. The van der Waals surface area contributed by atoms with Crippen molar-refractivity contribution < 1.29 is 8.42 Å². The van der Waals surface area contributed by atoms with Gasteiger partial charge in [-0.25, -0.2) is 8.42 Å². The Kier molecular flexibility index (Phi) is 6.02. The van der Waals surface area contributed by atoms with Crippen molar-refractivity contribution >= 4 is 54.8 Å². The number of anilines is 1.